The monoisotopic (exact) mass is 415 g/mol. The molecule has 0 fully saturated rings. The Morgan fingerprint density at radius 1 is 0.920 bits per heavy atom. The van der Waals surface area contributed by atoms with Gasteiger partial charge in [-0.15, -0.1) is 0 Å². The summed E-state index contributed by atoms with van der Waals surface area (Å²) < 4.78 is 25.7. The summed E-state index contributed by atoms with van der Waals surface area (Å²) in [5.74, 6) is 0. The third-order valence-corrected chi connectivity index (χ3v) is 5.11. The number of nitrogens with one attached hydrogen (secondary N) is 1. The van der Waals surface area contributed by atoms with Crippen molar-refractivity contribution in [3.05, 3.63) is 94.7 Å². The predicted octanol–water partition coefficient (Wildman–Crippen LogP) is 3.58. The fourth-order valence-electron chi connectivity index (χ4n) is 2.14. The average molecular weight is 416 g/mol. The highest BCUT2D eigenvalue weighted by molar-refractivity contribution is 9.10. The van der Waals surface area contributed by atoms with E-state index >= 15 is 0 Å². The molecule has 5 nitrogen and oxygen atoms in total. The van der Waals surface area contributed by atoms with Crippen molar-refractivity contribution in [3.8, 4) is 0 Å². The second-order valence-corrected chi connectivity index (χ2v) is 7.67. The third kappa shape index (κ3) is 4.32. The van der Waals surface area contributed by atoms with Gasteiger partial charge < -0.3 is 0 Å². The van der Waals surface area contributed by atoms with Crippen LogP contribution in [0.2, 0.25) is 0 Å². The van der Waals surface area contributed by atoms with E-state index in [0.717, 1.165) is 10.0 Å². The molecule has 0 atom stereocenters. The number of rotatable bonds is 5. The molecule has 25 heavy (non-hydrogen) atoms. The van der Waals surface area contributed by atoms with E-state index in [2.05, 4.69) is 30.8 Å². The molecule has 0 aliphatic heterocycles. The number of halogens is 1. The largest absolute Gasteiger partial charge is 0.276 e. The maximum absolute atomic E-state index is 12.5. The molecule has 0 aliphatic carbocycles. The van der Waals surface area contributed by atoms with E-state index in [1.807, 2.05) is 36.4 Å². The normalized spacial score (nSPS) is 12.0. The van der Waals surface area contributed by atoms with Crippen molar-refractivity contribution in [1.82, 2.24) is 9.82 Å². The van der Waals surface area contributed by atoms with Gasteiger partial charge in [0.25, 0.3) is 10.0 Å². The van der Waals surface area contributed by atoms with Crippen LogP contribution >= 0.6 is 15.9 Å². The van der Waals surface area contributed by atoms with Crippen LogP contribution in [0.15, 0.2) is 93.5 Å². The van der Waals surface area contributed by atoms with Gasteiger partial charge in [0.05, 0.1) is 10.6 Å². The van der Waals surface area contributed by atoms with Gasteiger partial charge in [0, 0.05) is 16.2 Å². The zero-order chi connectivity index (χ0) is 17.7. The lowest BCUT2D eigenvalue weighted by Gasteiger charge is -2.08. The van der Waals surface area contributed by atoms with Crippen molar-refractivity contribution in [2.24, 2.45) is 5.10 Å². The number of hydrogen-bond donors (Lipinski definition) is 1. The maximum atomic E-state index is 12.5. The van der Waals surface area contributed by atoms with Crippen LogP contribution < -0.4 is 4.83 Å². The summed E-state index contributed by atoms with van der Waals surface area (Å²) in [6.07, 6.45) is 1.64. The molecule has 1 aromatic heterocycles. The molecule has 0 saturated heterocycles. The van der Waals surface area contributed by atoms with Crippen molar-refractivity contribution >= 4 is 31.7 Å². The first-order valence-corrected chi connectivity index (χ1v) is 9.66. The second kappa shape index (κ2) is 7.58. The van der Waals surface area contributed by atoms with Gasteiger partial charge in [0.1, 0.15) is 5.71 Å². The SMILES string of the molecule is O=S(=O)(N/N=C(/c1ccccc1)c1ccccn1)c1ccc(Br)cc1. The number of pyridine rings is 1. The summed E-state index contributed by atoms with van der Waals surface area (Å²) in [6, 6.07) is 21.0. The molecule has 0 radical (unpaired) electrons. The van der Waals surface area contributed by atoms with Gasteiger partial charge in [-0.3, -0.25) is 4.98 Å². The van der Waals surface area contributed by atoms with Crippen LogP contribution in [0.3, 0.4) is 0 Å². The molecule has 1 N–H and O–H groups in total. The van der Waals surface area contributed by atoms with Crippen LogP contribution in [0, 0.1) is 0 Å². The Hall–Kier alpha value is -2.51. The molecular formula is C18H14BrN3O2S. The van der Waals surface area contributed by atoms with Gasteiger partial charge in [-0.25, -0.2) is 0 Å². The quantitative estimate of drug-likeness (QED) is 0.511. The highest BCUT2D eigenvalue weighted by atomic mass is 79.9. The third-order valence-electron chi connectivity index (χ3n) is 3.36. The number of hydrogen-bond acceptors (Lipinski definition) is 4. The Balaban J connectivity index is 1.98. The van der Waals surface area contributed by atoms with Crippen molar-refractivity contribution in [3.63, 3.8) is 0 Å². The van der Waals surface area contributed by atoms with Gasteiger partial charge in [-0.05, 0) is 36.4 Å². The minimum absolute atomic E-state index is 0.132. The summed E-state index contributed by atoms with van der Waals surface area (Å²) in [7, 11) is -3.77. The van der Waals surface area contributed by atoms with Crippen LogP contribution in [0.1, 0.15) is 11.3 Å². The smallest absolute Gasteiger partial charge is 0.255 e. The molecule has 2 aromatic carbocycles. The van der Waals surface area contributed by atoms with Gasteiger partial charge >= 0.3 is 0 Å². The highest BCUT2D eigenvalue weighted by Gasteiger charge is 2.15. The van der Waals surface area contributed by atoms with E-state index in [0.29, 0.717) is 11.4 Å². The molecule has 3 aromatic rings. The molecule has 0 spiro atoms. The fraction of sp³-hybridized carbons (Fsp3) is 0. The lowest BCUT2D eigenvalue weighted by molar-refractivity contribution is 0.584. The van der Waals surface area contributed by atoms with Crippen molar-refractivity contribution < 1.29 is 8.42 Å². The average Bonchev–Trinajstić information content (AvgIpc) is 2.64. The minimum atomic E-state index is -3.77. The summed E-state index contributed by atoms with van der Waals surface area (Å²) in [5, 5.41) is 4.14. The number of hydrazone groups is 1. The summed E-state index contributed by atoms with van der Waals surface area (Å²) in [4.78, 5) is 6.70. The minimum Gasteiger partial charge on any atom is -0.255 e. The molecule has 0 aliphatic rings. The second-order valence-electron chi connectivity index (χ2n) is 5.09. The Labute approximate surface area is 154 Å². The topological polar surface area (TPSA) is 71.4 Å². The van der Waals surface area contributed by atoms with E-state index in [9.17, 15) is 8.42 Å². The van der Waals surface area contributed by atoms with E-state index in [-0.39, 0.29) is 4.90 Å². The zero-order valence-electron chi connectivity index (χ0n) is 13.0. The van der Waals surface area contributed by atoms with Crippen LogP contribution in [-0.4, -0.2) is 19.1 Å². The molecule has 0 saturated carbocycles. The Morgan fingerprint density at radius 2 is 1.60 bits per heavy atom. The van der Waals surface area contributed by atoms with E-state index in [4.69, 9.17) is 0 Å². The Morgan fingerprint density at radius 3 is 2.24 bits per heavy atom. The van der Waals surface area contributed by atoms with Gasteiger partial charge in [0.2, 0.25) is 0 Å². The lowest BCUT2D eigenvalue weighted by atomic mass is 10.1. The Bertz CT molecular complexity index is 932. The van der Waals surface area contributed by atoms with Crippen LogP contribution in [0.25, 0.3) is 0 Å². The predicted molar refractivity (Wildman–Crippen MR) is 101 cm³/mol. The molecule has 3 rings (SSSR count). The number of nitrogens with zero attached hydrogens (tertiary/aromatic N) is 2. The van der Waals surface area contributed by atoms with Crippen LogP contribution in [-0.2, 0) is 10.0 Å². The lowest BCUT2D eigenvalue weighted by Crippen LogP contribution is -2.21. The maximum Gasteiger partial charge on any atom is 0.276 e. The molecule has 1 heterocycles. The molecule has 0 bridgehead atoms. The summed E-state index contributed by atoms with van der Waals surface area (Å²) in [6.45, 7) is 0. The van der Waals surface area contributed by atoms with E-state index in [1.165, 1.54) is 12.1 Å². The zero-order valence-corrected chi connectivity index (χ0v) is 15.4. The molecule has 0 amide bonds. The first kappa shape index (κ1) is 17.3. The van der Waals surface area contributed by atoms with Crippen molar-refractivity contribution in [2.75, 3.05) is 0 Å². The molecule has 126 valence electrons. The van der Waals surface area contributed by atoms with Crippen LogP contribution in [0.5, 0.6) is 0 Å². The molecule has 0 unspecified atom stereocenters. The van der Waals surface area contributed by atoms with E-state index in [1.54, 1.807) is 30.5 Å². The summed E-state index contributed by atoms with van der Waals surface area (Å²) in [5.41, 5.74) is 1.79. The van der Waals surface area contributed by atoms with Gasteiger partial charge in [-0.2, -0.15) is 18.4 Å². The van der Waals surface area contributed by atoms with Gasteiger partial charge in [0.15, 0.2) is 0 Å². The standard InChI is InChI=1S/C18H14BrN3O2S/c19-15-9-11-16(12-10-15)25(23,24)22-21-18(14-6-2-1-3-7-14)17-8-4-5-13-20-17/h1-13,22H/b21-18-. The molecular weight excluding hydrogens is 402 g/mol. The fourth-order valence-corrected chi connectivity index (χ4v) is 3.22. The van der Waals surface area contributed by atoms with Gasteiger partial charge in [-0.1, -0.05) is 52.3 Å². The van der Waals surface area contributed by atoms with Crippen LogP contribution in [0.4, 0.5) is 0 Å². The molecule has 7 heteroatoms. The van der Waals surface area contributed by atoms with Crippen molar-refractivity contribution in [1.29, 1.82) is 0 Å². The first-order valence-electron chi connectivity index (χ1n) is 7.38. The highest BCUT2D eigenvalue weighted by Crippen LogP contribution is 2.15. The summed E-state index contributed by atoms with van der Waals surface area (Å²) >= 11 is 3.28. The number of sulfonamides is 1. The Kier molecular flexibility index (Phi) is 5.25. The number of benzene rings is 2. The first-order chi connectivity index (χ1) is 12.1. The van der Waals surface area contributed by atoms with E-state index < -0.39 is 10.0 Å². The van der Waals surface area contributed by atoms with Crippen molar-refractivity contribution in [2.45, 2.75) is 4.90 Å². The number of aromatic nitrogens is 1.